The van der Waals surface area contributed by atoms with Crippen LogP contribution in [-0.2, 0) is 10.2 Å². The second-order valence-electron chi connectivity index (χ2n) is 6.30. The molecule has 2 atom stereocenters. The molecule has 0 aromatic heterocycles. The van der Waals surface area contributed by atoms with E-state index in [1.807, 2.05) is 32.0 Å². The lowest BCUT2D eigenvalue weighted by molar-refractivity contribution is -0.140. The van der Waals surface area contributed by atoms with Crippen molar-refractivity contribution in [1.82, 2.24) is 0 Å². The minimum absolute atomic E-state index is 0.0129. The van der Waals surface area contributed by atoms with Crippen molar-refractivity contribution < 1.29 is 9.90 Å². The molecule has 1 aromatic carbocycles. The van der Waals surface area contributed by atoms with Gasteiger partial charge in [-0.15, -0.1) is 0 Å². The molecule has 1 rings (SSSR count). The highest BCUT2D eigenvalue weighted by Gasteiger charge is 2.28. The summed E-state index contributed by atoms with van der Waals surface area (Å²) in [6, 6.07) is 5.77. The van der Waals surface area contributed by atoms with Crippen molar-refractivity contribution in [2.75, 3.05) is 5.73 Å². The van der Waals surface area contributed by atoms with Crippen LogP contribution in [0.5, 0.6) is 0 Å². The molecule has 0 bridgehead atoms. The molecule has 0 saturated heterocycles. The van der Waals surface area contributed by atoms with Crippen molar-refractivity contribution in [1.29, 1.82) is 0 Å². The van der Waals surface area contributed by atoms with Gasteiger partial charge in [0.1, 0.15) is 0 Å². The van der Waals surface area contributed by atoms with Gasteiger partial charge in [-0.25, -0.2) is 0 Å². The Kier molecular flexibility index (Phi) is 4.61. The molecule has 3 heteroatoms. The number of benzene rings is 1. The van der Waals surface area contributed by atoms with Gasteiger partial charge in [-0.1, -0.05) is 53.2 Å². The fraction of sp³-hybridized carbons (Fsp3) is 0.562. The molecule has 0 aliphatic heterocycles. The molecule has 0 saturated carbocycles. The number of hydrogen-bond acceptors (Lipinski definition) is 2. The van der Waals surface area contributed by atoms with E-state index >= 15 is 0 Å². The number of rotatable bonds is 4. The van der Waals surface area contributed by atoms with Crippen LogP contribution in [0.1, 0.15) is 58.1 Å². The highest BCUT2D eigenvalue weighted by molar-refractivity contribution is 5.79. The van der Waals surface area contributed by atoms with Gasteiger partial charge in [0.05, 0.1) is 5.92 Å². The predicted molar refractivity (Wildman–Crippen MR) is 79.4 cm³/mol. The molecule has 0 aliphatic carbocycles. The number of anilines is 1. The van der Waals surface area contributed by atoms with E-state index in [1.54, 1.807) is 0 Å². The summed E-state index contributed by atoms with van der Waals surface area (Å²) >= 11 is 0. The number of carbonyl (C=O) groups is 1. The zero-order chi connectivity index (χ0) is 14.8. The van der Waals surface area contributed by atoms with E-state index in [4.69, 9.17) is 5.73 Å². The molecule has 106 valence electrons. The molecule has 0 amide bonds. The van der Waals surface area contributed by atoms with Crippen molar-refractivity contribution in [3.63, 3.8) is 0 Å². The number of nitrogen functional groups attached to an aromatic ring is 1. The van der Waals surface area contributed by atoms with E-state index in [1.165, 1.54) is 0 Å². The predicted octanol–water partition coefficient (Wildman–Crippen LogP) is 3.78. The summed E-state index contributed by atoms with van der Waals surface area (Å²) in [5.74, 6) is -1.27. The van der Waals surface area contributed by atoms with Crippen LogP contribution in [0.2, 0.25) is 0 Å². The third-order valence-corrected chi connectivity index (χ3v) is 3.77. The molecular formula is C16H25NO2. The molecule has 0 aliphatic rings. The molecule has 3 nitrogen and oxygen atoms in total. The molecule has 19 heavy (non-hydrogen) atoms. The van der Waals surface area contributed by atoms with Crippen LogP contribution in [0.15, 0.2) is 18.2 Å². The lowest BCUT2D eigenvalue weighted by atomic mass is 9.80. The highest BCUT2D eigenvalue weighted by atomic mass is 16.4. The Bertz CT molecular complexity index is 460. The summed E-state index contributed by atoms with van der Waals surface area (Å²) in [6.07, 6.45) is 0.816. The van der Waals surface area contributed by atoms with Crippen molar-refractivity contribution in [2.24, 2.45) is 5.92 Å². The van der Waals surface area contributed by atoms with Gasteiger partial charge in [-0.2, -0.15) is 0 Å². The maximum Gasteiger partial charge on any atom is 0.311 e. The summed E-state index contributed by atoms with van der Waals surface area (Å²) in [7, 11) is 0. The number of aliphatic carboxylic acids is 1. The molecule has 3 N–H and O–H groups in total. The van der Waals surface area contributed by atoms with E-state index in [9.17, 15) is 9.90 Å². The molecule has 0 radical (unpaired) electrons. The summed E-state index contributed by atoms with van der Waals surface area (Å²) in [5.41, 5.74) is 8.42. The van der Waals surface area contributed by atoms with Gasteiger partial charge in [0.2, 0.25) is 0 Å². The Labute approximate surface area is 115 Å². The van der Waals surface area contributed by atoms with Crippen LogP contribution in [0.4, 0.5) is 5.69 Å². The maximum absolute atomic E-state index is 11.6. The first kappa shape index (κ1) is 15.5. The first-order chi connectivity index (χ1) is 8.68. The molecular weight excluding hydrogens is 238 g/mol. The summed E-state index contributed by atoms with van der Waals surface area (Å²) < 4.78 is 0. The van der Waals surface area contributed by atoms with Gasteiger partial charge in [0.25, 0.3) is 0 Å². The van der Waals surface area contributed by atoms with Gasteiger partial charge in [0.15, 0.2) is 0 Å². The second kappa shape index (κ2) is 5.64. The Hall–Kier alpha value is -1.51. The van der Waals surface area contributed by atoms with Crippen LogP contribution in [0, 0.1) is 5.92 Å². The van der Waals surface area contributed by atoms with E-state index in [-0.39, 0.29) is 11.3 Å². The SMILES string of the molecule is CCC(C)C(C(=O)O)c1cc(C(C)(C)C)ccc1N. The lowest BCUT2D eigenvalue weighted by Crippen LogP contribution is -2.21. The Morgan fingerprint density at radius 1 is 1.37 bits per heavy atom. The first-order valence-electron chi connectivity index (χ1n) is 6.81. The average Bonchev–Trinajstić information content (AvgIpc) is 2.29. The van der Waals surface area contributed by atoms with Gasteiger partial charge in [0, 0.05) is 5.69 Å². The van der Waals surface area contributed by atoms with Crippen molar-refractivity contribution >= 4 is 11.7 Å². The number of carboxylic acids is 1. The largest absolute Gasteiger partial charge is 0.481 e. The summed E-state index contributed by atoms with van der Waals surface area (Å²) in [5, 5.41) is 9.49. The van der Waals surface area contributed by atoms with Crippen LogP contribution in [0.25, 0.3) is 0 Å². The number of hydrogen-bond donors (Lipinski definition) is 2. The molecule has 0 spiro atoms. The van der Waals surface area contributed by atoms with Crippen LogP contribution in [0.3, 0.4) is 0 Å². The molecule has 2 unspecified atom stereocenters. The molecule has 0 heterocycles. The average molecular weight is 263 g/mol. The zero-order valence-electron chi connectivity index (χ0n) is 12.5. The normalized spacial score (nSPS) is 15.0. The third kappa shape index (κ3) is 3.49. The molecule has 0 fully saturated rings. The standard InChI is InChI=1S/C16H25NO2/c1-6-10(2)14(15(18)19)12-9-11(16(3,4)5)7-8-13(12)17/h7-10,14H,6,17H2,1-5H3,(H,18,19). The second-order valence-corrected chi connectivity index (χ2v) is 6.30. The fourth-order valence-electron chi connectivity index (χ4n) is 2.23. The van der Waals surface area contributed by atoms with Gasteiger partial charge < -0.3 is 10.8 Å². The van der Waals surface area contributed by atoms with E-state index < -0.39 is 11.9 Å². The minimum atomic E-state index is -0.799. The fourth-order valence-corrected chi connectivity index (χ4v) is 2.23. The maximum atomic E-state index is 11.6. The summed E-state index contributed by atoms with van der Waals surface area (Å²) in [6.45, 7) is 10.3. The van der Waals surface area contributed by atoms with Gasteiger partial charge in [-0.05, 0) is 28.5 Å². The molecule has 1 aromatic rings. The van der Waals surface area contributed by atoms with Crippen LogP contribution < -0.4 is 5.73 Å². The van der Waals surface area contributed by atoms with Gasteiger partial charge >= 0.3 is 5.97 Å². The smallest absolute Gasteiger partial charge is 0.311 e. The third-order valence-electron chi connectivity index (χ3n) is 3.77. The zero-order valence-corrected chi connectivity index (χ0v) is 12.5. The number of nitrogens with two attached hydrogens (primary N) is 1. The van der Waals surface area contributed by atoms with E-state index in [0.717, 1.165) is 17.5 Å². The van der Waals surface area contributed by atoms with Gasteiger partial charge in [-0.3, -0.25) is 4.79 Å². The van der Waals surface area contributed by atoms with Crippen LogP contribution >= 0.6 is 0 Å². The highest BCUT2D eigenvalue weighted by Crippen LogP contribution is 2.34. The minimum Gasteiger partial charge on any atom is -0.481 e. The van der Waals surface area contributed by atoms with Crippen LogP contribution in [-0.4, -0.2) is 11.1 Å². The van der Waals surface area contributed by atoms with Crippen molar-refractivity contribution in [2.45, 2.75) is 52.4 Å². The Morgan fingerprint density at radius 2 is 1.95 bits per heavy atom. The Balaban J connectivity index is 3.34. The van der Waals surface area contributed by atoms with E-state index in [0.29, 0.717) is 5.69 Å². The van der Waals surface area contributed by atoms with Crippen molar-refractivity contribution in [3.05, 3.63) is 29.3 Å². The quantitative estimate of drug-likeness (QED) is 0.812. The van der Waals surface area contributed by atoms with Crippen molar-refractivity contribution in [3.8, 4) is 0 Å². The Morgan fingerprint density at radius 3 is 2.37 bits per heavy atom. The monoisotopic (exact) mass is 263 g/mol. The lowest BCUT2D eigenvalue weighted by Gasteiger charge is -2.25. The first-order valence-corrected chi connectivity index (χ1v) is 6.81. The topological polar surface area (TPSA) is 63.3 Å². The summed E-state index contributed by atoms with van der Waals surface area (Å²) in [4.78, 5) is 11.6. The number of carboxylic acid groups (broad SMARTS) is 1. The van der Waals surface area contributed by atoms with E-state index in [2.05, 4.69) is 20.8 Å².